The molecular formula is C28H26N4O3. The van der Waals surface area contributed by atoms with Gasteiger partial charge in [-0.2, -0.15) is 4.98 Å². The summed E-state index contributed by atoms with van der Waals surface area (Å²) in [4.78, 5) is 26.1. The van der Waals surface area contributed by atoms with Crippen LogP contribution in [0, 0.1) is 6.92 Å². The molecule has 176 valence electrons. The van der Waals surface area contributed by atoms with Crippen molar-refractivity contribution < 1.29 is 14.3 Å². The van der Waals surface area contributed by atoms with E-state index < -0.39 is 0 Å². The van der Waals surface area contributed by atoms with Crippen LogP contribution in [0.2, 0.25) is 0 Å². The zero-order valence-electron chi connectivity index (χ0n) is 19.5. The molecule has 1 aliphatic rings. The monoisotopic (exact) mass is 466 g/mol. The van der Waals surface area contributed by atoms with E-state index in [1.807, 2.05) is 103 Å². The Kier molecular flexibility index (Phi) is 6.57. The zero-order valence-corrected chi connectivity index (χ0v) is 19.5. The number of carbonyl (C=O) groups excluding carboxylic acids is 1. The molecule has 35 heavy (non-hydrogen) atoms. The van der Waals surface area contributed by atoms with E-state index >= 15 is 0 Å². The number of hydrogen-bond acceptors (Lipinski definition) is 6. The highest BCUT2D eigenvalue weighted by Gasteiger charge is 2.23. The molecule has 0 N–H and O–H groups in total. The summed E-state index contributed by atoms with van der Waals surface area (Å²) in [6, 6.07) is 28.3. The SMILES string of the molecule is Cc1nc(Oc2ccccc2)cc(N2CCN(C(=O)c3ccc(Oc4ccccc4)cc3)CC2)n1. The number of benzene rings is 3. The zero-order chi connectivity index (χ0) is 24.0. The average molecular weight is 467 g/mol. The second-order valence-corrected chi connectivity index (χ2v) is 8.25. The molecule has 0 saturated carbocycles. The summed E-state index contributed by atoms with van der Waals surface area (Å²) >= 11 is 0. The van der Waals surface area contributed by atoms with Crippen molar-refractivity contribution in [3.05, 3.63) is 102 Å². The minimum atomic E-state index is 0.0166. The topological polar surface area (TPSA) is 67.8 Å². The standard InChI is InChI=1S/C28H26N4O3/c1-21-29-26(20-27(30-21)35-24-10-6-3-7-11-24)31-16-18-32(19-17-31)28(33)22-12-14-25(15-13-22)34-23-8-4-2-5-9-23/h2-15,20H,16-19H2,1H3. The predicted octanol–water partition coefficient (Wildman–Crippen LogP) is 5.33. The van der Waals surface area contributed by atoms with Gasteiger partial charge in [-0.15, -0.1) is 0 Å². The highest BCUT2D eigenvalue weighted by Crippen LogP contribution is 2.25. The van der Waals surface area contributed by atoms with Gasteiger partial charge in [-0.25, -0.2) is 4.98 Å². The highest BCUT2D eigenvalue weighted by molar-refractivity contribution is 5.94. The Morgan fingerprint density at radius 3 is 1.91 bits per heavy atom. The summed E-state index contributed by atoms with van der Waals surface area (Å²) in [6.07, 6.45) is 0. The lowest BCUT2D eigenvalue weighted by atomic mass is 10.1. The van der Waals surface area contributed by atoms with Crippen molar-refractivity contribution in [2.75, 3.05) is 31.1 Å². The molecule has 1 fully saturated rings. The first-order chi connectivity index (χ1) is 17.1. The largest absolute Gasteiger partial charge is 0.457 e. The summed E-state index contributed by atoms with van der Waals surface area (Å²) < 4.78 is 11.7. The quantitative estimate of drug-likeness (QED) is 0.383. The fourth-order valence-electron chi connectivity index (χ4n) is 3.96. The van der Waals surface area contributed by atoms with Crippen LogP contribution in [0.3, 0.4) is 0 Å². The Bertz CT molecular complexity index is 1270. The maximum Gasteiger partial charge on any atom is 0.253 e. The van der Waals surface area contributed by atoms with Gasteiger partial charge in [0.2, 0.25) is 5.88 Å². The number of ether oxygens (including phenoxy) is 2. The molecule has 0 aliphatic carbocycles. The third kappa shape index (κ3) is 5.58. The number of rotatable bonds is 6. The highest BCUT2D eigenvalue weighted by atomic mass is 16.5. The van der Waals surface area contributed by atoms with Gasteiger partial charge in [0.1, 0.15) is 28.9 Å². The van der Waals surface area contributed by atoms with Crippen LogP contribution < -0.4 is 14.4 Å². The summed E-state index contributed by atoms with van der Waals surface area (Å²) in [5.74, 6) is 4.16. The molecular weight excluding hydrogens is 440 g/mol. The van der Waals surface area contributed by atoms with Crippen molar-refractivity contribution in [3.8, 4) is 23.1 Å². The van der Waals surface area contributed by atoms with Crippen LogP contribution in [0.1, 0.15) is 16.2 Å². The third-order valence-electron chi connectivity index (χ3n) is 5.74. The molecule has 1 aliphatic heterocycles. The van der Waals surface area contributed by atoms with Gasteiger partial charge in [0.15, 0.2) is 0 Å². The lowest BCUT2D eigenvalue weighted by Gasteiger charge is -2.35. The van der Waals surface area contributed by atoms with Crippen LogP contribution in [0.25, 0.3) is 0 Å². The molecule has 5 rings (SSSR count). The molecule has 2 heterocycles. The van der Waals surface area contributed by atoms with Gasteiger partial charge in [0.25, 0.3) is 5.91 Å². The number of carbonyl (C=O) groups is 1. The summed E-state index contributed by atoms with van der Waals surface area (Å²) in [5.41, 5.74) is 0.648. The van der Waals surface area contributed by atoms with E-state index in [1.54, 1.807) is 0 Å². The second-order valence-electron chi connectivity index (χ2n) is 8.25. The molecule has 0 atom stereocenters. The van der Waals surface area contributed by atoms with Crippen molar-refractivity contribution in [1.29, 1.82) is 0 Å². The Balaban J connectivity index is 1.20. The minimum absolute atomic E-state index is 0.0166. The number of piperazine rings is 1. The number of para-hydroxylation sites is 2. The molecule has 4 aromatic rings. The van der Waals surface area contributed by atoms with E-state index in [0.29, 0.717) is 49.2 Å². The van der Waals surface area contributed by atoms with Gasteiger partial charge < -0.3 is 19.3 Å². The molecule has 1 amide bonds. The number of aryl methyl sites for hydroxylation is 1. The van der Waals surface area contributed by atoms with Gasteiger partial charge in [-0.1, -0.05) is 36.4 Å². The van der Waals surface area contributed by atoms with Crippen molar-refractivity contribution in [1.82, 2.24) is 14.9 Å². The van der Waals surface area contributed by atoms with Gasteiger partial charge in [-0.3, -0.25) is 4.79 Å². The Morgan fingerprint density at radius 1 is 0.714 bits per heavy atom. The molecule has 7 nitrogen and oxygen atoms in total. The molecule has 1 aromatic heterocycles. The van der Waals surface area contributed by atoms with E-state index in [1.165, 1.54) is 0 Å². The van der Waals surface area contributed by atoms with Crippen LogP contribution in [0.5, 0.6) is 23.1 Å². The molecule has 1 saturated heterocycles. The molecule has 0 bridgehead atoms. The number of hydrogen-bond donors (Lipinski definition) is 0. The van der Waals surface area contributed by atoms with Crippen molar-refractivity contribution in [2.24, 2.45) is 0 Å². The molecule has 0 radical (unpaired) electrons. The maximum atomic E-state index is 13.0. The van der Waals surface area contributed by atoms with Crippen LogP contribution in [0.4, 0.5) is 5.82 Å². The Hall–Kier alpha value is -4.39. The van der Waals surface area contributed by atoms with Crippen molar-refractivity contribution in [3.63, 3.8) is 0 Å². The van der Waals surface area contributed by atoms with E-state index in [-0.39, 0.29) is 5.91 Å². The number of amides is 1. The van der Waals surface area contributed by atoms with Gasteiger partial charge in [0.05, 0.1) is 0 Å². The van der Waals surface area contributed by atoms with Gasteiger partial charge in [-0.05, 0) is 55.5 Å². The second kappa shape index (κ2) is 10.3. The van der Waals surface area contributed by atoms with Crippen LogP contribution in [-0.2, 0) is 0 Å². The van der Waals surface area contributed by atoms with E-state index in [4.69, 9.17) is 9.47 Å². The normalized spacial score (nSPS) is 13.4. The van der Waals surface area contributed by atoms with Gasteiger partial charge in [0, 0.05) is 37.8 Å². The fraction of sp³-hybridized carbons (Fsp3) is 0.179. The first-order valence-corrected chi connectivity index (χ1v) is 11.6. The molecule has 0 unspecified atom stereocenters. The van der Waals surface area contributed by atoms with Crippen LogP contribution >= 0.6 is 0 Å². The van der Waals surface area contributed by atoms with E-state index in [9.17, 15) is 4.79 Å². The average Bonchev–Trinajstić information content (AvgIpc) is 2.90. The van der Waals surface area contributed by atoms with Crippen molar-refractivity contribution in [2.45, 2.75) is 6.92 Å². The number of aromatic nitrogens is 2. The van der Waals surface area contributed by atoms with Crippen molar-refractivity contribution >= 4 is 11.7 Å². The number of nitrogens with zero attached hydrogens (tertiary/aromatic N) is 4. The minimum Gasteiger partial charge on any atom is -0.457 e. The third-order valence-corrected chi connectivity index (χ3v) is 5.74. The summed E-state index contributed by atoms with van der Waals surface area (Å²) in [6.45, 7) is 4.44. The molecule has 3 aromatic carbocycles. The van der Waals surface area contributed by atoms with Crippen LogP contribution in [-0.4, -0.2) is 47.0 Å². The maximum absolute atomic E-state index is 13.0. The molecule has 7 heteroatoms. The lowest BCUT2D eigenvalue weighted by molar-refractivity contribution is 0.0746. The first-order valence-electron chi connectivity index (χ1n) is 11.6. The molecule has 0 spiro atoms. The van der Waals surface area contributed by atoms with Gasteiger partial charge >= 0.3 is 0 Å². The Labute approximate surface area is 204 Å². The summed E-state index contributed by atoms with van der Waals surface area (Å²) in [7, 11) is 0. The van der Waals surface area contributed by atoms with E-state index in [0.717, 1.165) is 17.3 Å². The fourth-order valence-corrected chi connectivity index (χ4v) is 3.96. The van der Waals surface area contributed by atoms with Crippen LogP contribution in [0.15, 0.2) is 91.0 Å². The lowest BCUT2D eigenvalue weighted by Crippen LogP contribution is -2.49. The van der Waals surface area contributed by atoms with E-state index in [2.05, 4.69) is 14.9 Å². The first kappa shape index (κ1) is 22.4. The number of anilines is 1. The predicted molar refractivity (Wildman–Crippen MR) is 134 cm³/mol. The Morgan fingerprint density at radius 2 is 1.29 bits per heavy atom. The summed E-state index contributed by atoms with van der Waals surface area (Å²) in [5, 5.41) is 0. The smallest absolute Gasteiger partial charge is 0.253 e.